The molecule has 2 aromatic heterocycles. The van der Waals surface area contributed by atoms with Gasteiger partial charge in [-0.05, 0) is 54.5 Å². The molecule has 9 heteroatoms. The molecule has 0 fully saturated rings. The Hall–Kier alpha value is -3.59. The van der Waals surface area contributed by atoms with Gasteiger partial charge < -0.3 is 18.9 Å². The maximum Gasteiger partial charge on any atom is 0.291 e. The van der Waals surface area contributed by atoms with Crippen molar-refractivity contribution in [3.63, 3.8) is 0 Å². The second-order valence-electron chi connectivity index (χ2n) is 7.58. The number of benzene rings is 2. The van der Waals surface area contributed by atoms with Crippen LogP contribution in [0, 0.1) is 0 Å². The maximum atomic E-state index is 13.0. The van der Waals surface area contributed by atoms with Crippen LogP contribution in [0.15, 0.2) is 41.2 Å². The predicted octanol–water partition coefficient (Wildman–Crippen LogP) is 3.96. The standard InChI is InChI=1S/C25H27N3O5S/c1-5-6-7-12-33-18-10-8-17(9-11-18)23-26-25-28(27-23)24(29)21(34-25)15-16-13-19(30-2)22(32-4)20(14-16)31-3/h8-11,13-15H,5-7,12H2,1-4H3. The molecule has 0 radical (unpaired) electrons. The lowest BCUT2D eigenvalue weighted by atomic mass is 10.1. The number of hydrogen-bond donors (Lipinski definition) is 0. The van der Waals surface area contributed by atoms with Gasteiger partial charge in [0.25, 0.3) is 5.56 Å². The molecule has 0 amide bonds. The number of rotatable bonds is 10. The Bertz CT molecular complexity index is 1350. The number of thiazole rings is 1. The van der Waals surface area contributed by atoms with Crippen LogP contribution in [0.1, 0.15) is 31.7 Å². The van der Waals surface area contributed by atoms with Crippen molar-refractivity contribution in [1.29, 1.82) is 0 Å². The fourth-order valence-electron chi connectivity index (χ4n) is 3.53. The summed E-state index contributed by atoms with van der Waals surface area (Å²) in [5.41, 5.74) is 1.33. The molecule has 0 bridgehead atoms. The smallest absolute Gasteiger partial charge is 0.291 e. The van der Waals surface area contributed by atoms with E-state index in [1.54, 1.807) is 39.5 Å². The highest BCUT2D eigenvalue weighted by molar-refractivity contribution is 7.15. The van der Waals surface area contributed by atoms with Crippen LogP contribution in [0.4, 0.5) is 0 Å². The Morgan fingerprint density at radius 3 is 2.29 bits per heavy atom. The minimum absolute atomic E-state index is 0.233. The van der Waals surface area contributed by atoms with Crippen molar-refractivity contribution in [2.24, 2.45) is 0 Å². The average Bonchev–Trinajstić information content (AvgIpc) is 3.40. The lowest BCUT2D eigenvalue weighted by Crippen LogP contribution is -2.23. The SMILES string of the molecule is CCCCCOc1ccc(-c2nc3sc(=Cc4cc(OC)c(OC)c(OC)c4)c(=O)n3n2)cc1. The Labute approximate surface area is 201 Å². The van der Waals surface area contributed by atoms with Crippen LogP contribution in [-0.4, -0.2) is 42.5 Å². The van der Waals surface area contributed by atoms with Gasteiger partial charge in [0.05, 0.1) is 32.5 Å². The van der Waals surface area contributed by atoms with Gasteiger partial charge in [-0.3, -0.25) is 4.79 Å². The predicted molar refractivity (Wildman–Crippen MR) is 132 cm³/mol. The molecule has 4 rings (SSSR count). The molecule has 0 spiro atoms. The van der Waals surface area contributed by atoms with Crippen molar-refractivity contribution >= 4 is 22.4 Å². The van der Waals surface area contributed by atoms with E-state index in [4.69, 9.17) is 18.9 Å². The summed E-state index contributed by atoms with van der Waals surface area (Å²) in [5, 5.41) is 4.43. The van der Waals surface area contributed by atoms with Gasteiger partial charge in [0.2, 0.25) is 10.7 Å². The summed E-state index contributed by atoms with van der Waals surface area (Å²) in [7, 11) is 4.65. The van der Waals surface area contributed by atoms with Crippen molar-refractivity contribution in [2.45, 2.75) is 26.2 Å². The summed E-state index contributed by atoms with van der Waals surface area (Å²) in [4.78, 5) is 18.1. The highest BCUT2D eigenvalue weighted by Crippen LogP contribution is 2.38. The molecule has 0 aliphatic rings. The molecule has 2 aromatic carbocycles. The molecule has 178 valence electrons. The summed E-state index contributed by atoms with van der Waals surface area (Å²) >= 11 is 1.27. The second-order valence-corrected chi connectivity index (χ2v) is 8.59. The molecule has 34 heavy (non-hydrogen) atoms. The number of hydrogen-bond acceptors (Lipinski definition) is 8. The van der Waals surface area contributed by atoms with Gasteiger partial charge in [-0.15, -0.1) is 5.10 Å². The summed E-state index contributed by atoms with van der Waals surface area (Å²) in [5.74, 6) is 2.84. The monoisotopic (exact) mass is 481 g/mol. The Morgan fingerprint density at radius 2 is 1.71 bits per heavy atom. The molecule has 0 aliphatic carbocycles. The zero-order valence-electron chi connectivity index (χ0n) is 19.7. The fraction of sp³-hybridized carbons (Fsp3) is 0.320. The third-order valence-corrected chi connectivity index (χ3v) is 6.25. The third-order valence-electron chi connectivity index (χ3n) is 5.30. The highest BCUT2D eigenvalue weighted by atomic mass is 32.1. The molecule has 0 unspecified atom stereocenters. The zero-order chi connectivity index (χ0) is 24.1. The van der Waals surface area contributed by atoms with E-state index in [1.165, 1.54) is 15.9 Å². The third kappa shape index (κ3) is 4.84. The fourth-order valence-corrected chi connectivity index (χ4v) is 4.44. The van der Waals surface area contributed by atoms with E-state index in [0.29, 0.717) is 39.2 Å². The second kappa shape index (κ2) is 10.6. The van der Waals surface area contributed by atoms with Gasteiger partial charge in [-0.25, -0.2) is 0 Å². The first-order chi connectivity index (χ1) is 16.6. The summed E-state index contributed by atoms with van der Waals surface area (Å²) in [6.07, 6.45) is 5.12. The molecule has 0 N–H and O–H groups in total. The maximum absolute atomic E-state index is 13.0. The molecular weight excluding hydrogens is 454 g/mol. The molecule has 0 atom stereocenters. The number of aromatic nitrogens is 3. The first-order valence-electron chi connectivity index (χ1n) is 11.0. The highest BCUT2D eigenvalue weighted by Gasteiger charge is 2.15. The Kier molecular flexibility index (Phi) is 7.32. The number of nitrogens with zero attached hydrogens (tertiary/aromatic N) is 3. The molecule has 2 heterocycles. The molecular formula is C25H27N3O5S. The van der Waals surface area contributed by atoms with E-state index in [2.05, 4.69) is 17.0 Å². The minimum Gasteiger partial charge on any atom is -0.494 e. The van der Waals surface area contributed by atoms with Crippen LogP contribution in [-0.2, 0) is 0 Å². The summed E-state index contributed by atoms with van der Waals surface area (Å²) < 4.78 is 23.8. The average molecular weight is 482 g/mol. The van der Waals surface area contributed by atoms with Crippen LogP contribution in [0.5, 0.6) is 23.0 Å². The summed E-state index contributed by atoms with van der Waals surface area (Å²) in [6.45, 7) is 2.87. The van der Waals surface area contributed by atoms with E-state index in [1.807, 2.05) is 24.3 Å². The quantitative estimate of drug-likeness (QED) is 0.317. The van der Waals surface area contributed by atoms with Crippen molar-refractivity contribution in [2.75, 3.05) is 27.9 Å². The first kappa shape index (κ1) is 23.6. The van der Waals surface area contributed by atoms with Gasteiger partial charge >= 0.3 is 0 Å². The molecule has 0 saturated carbocycles. The van der Waals surface area contributed by atoms with Crippen molar-refractivity contribution in [3.8, 4) is 34.4 Å². The van der Waals surface area contributed by atoms with Gasteiger partial charge in [0, 0.05) is 5.56 Å². The Morgan fingerprint density at radius 1 is 1.00 bits per heavy atom. The Balaban J connectivity index is 1.61. The van der Waals surface area contributed by atoms with Crippen LogP contribution in [0.3, 0.4) is 0 Å². The normalized spacial score (nSPS) is 11.7. The lowest BCUT2D eigenvalue weighted by Gasteiger charge is -2.12. The van der Waals surface area contributed by atoms with E-state index < -0.39 is 0 Å². The number of ether oxygens (including phenoxy) is 4. The van der Waals surface area contributed by atoms with Crippen LogP contribution in [0.2, 0.25) is 0 Å². The molecule has 8 nitrogen and oxygen atoms in total. The number of methoxy groups -OCH3 is 3. The largest absolute Gasteiger partial charge is 0.494 e. The van der Waals surface area contributed by atoms with Gasteiger partial charge in [-0.1, -0.05) is 31.1 Å². The van der Waals surface area contributed by atoms with Crippen LogP contribution in [0.25, 0.3) is 22.4 Å². The van der Waals surface area contributed by atoms with Crippen LogP contribution < -0.4 is 29.0 Å². The number of fused-ring (bicyclic) bond motifs is 1. The van der Waals surface area contributed by atoms with Gasteiger partial charge in [0.15, 0.2) is 17.3 Å². The zero-order valence-corrected chi connectivity index (χ0v) is 20.5. The van der Waals surface area contributed by atoms with Crippen molar-refractivity contribution in [1.82, 2.24) is 14.6 Å². The number of unbranched alkanes of at least 4 members (excludes halogenated alkanes) is 2. The molecule has 4 aromatic rings. The van der Waals surface area contributed by atoms with Gasteiger partial charge in [-0.2, -0.15) is 9.50 Å². The van der Waals surface area contributed by atoms with Crippen molar-refractivity contribution < 1.29 is 18.9 Å². The van der Waals surface area contributed by atoms with Crippen LogP contribution >= 0.6 is 11.3 Å². The summed E-state index contributed by atoms with van der Waals surface area (Å²) in [6, 6.07) is 11.2. The van der Waals surface area contributed by atoms with E-state index in [0.717, 1.165) is 36.1 Å². The van der Waals surface area contributed by atoms with Gasteiger partial charge in [0.1, 0.15) is 5.75 Å². The first-order valence-corrected chi connectivity index (χ1v) is 11.8. The topological polar surface area (TPSA) is 84.2 Å². The van der Waals surface area contributed by atoms with E-state index in [9.17, 15) is 4.79 Å². The van der Waals surface area contributed by atoms with E-state index >= 15 is 0 Å². The van der Waals surface area contributed by atoms with E-state index in [-0.39, 0.29) is 5.56 Å². The lowest BCUT2D eigenvalue weighted by molar-refractivity contribution is 0.306. The molecule has 0 saturated heterocycles. The minimum atomic E-state index is -0.233. The molecule has 0 aliphatic heterocycles. The van der Waals surface area contributed by atoms with Crippen molar-refractivity contribution in [3.05, 3.63) is 56.8 Å².